The number of para-hydroxylation sites is 1. The standard InChI is InChI=1S/C20H20N2O4/c1-13(2)21-17(23)12-20(26-18(24)14-8-4-3-5-9-14)15-10-6-7-11-16(15)22-19(20)25/h3-11,13H,12H2,1-2H3,(H,21,23)(H,22,25). The van der Waals surface area contributed by atoms with Crippen LogP contribution in [0.4, 0.5) is 5.69 Å². The van der Waals surface area contributed by atoms with Gasteiger partial charge in [-0.15, -0.1) is 0 Å². The minimum atomic E-state index is -1.69. The third kappa shape index (κ3) is 3.31. The smallest absolute Gasteiger partial charge is 0.339 e. The molecule has 1 aliphatic heterocycles. The summed E-state index contributed by atoms with van der Waals surface area (Å²) in [5.74, 6) is -1.55. The number of amides is 2. The molecule has 0 aliphatic carbocycles. The molecule has 0 saturated carbocycles. The van der Waals surface area contributed by atoms with E-state index in [0.717, 1.165) is 0 Å². The summed E-state index contributed by atoms with van der Waals surface area (Å²) >= 11 is 0. The zero-order valence-corrected chi connectivity index (χ0v) is 14.6. The second-order valence-corrected chi connectivity index (χ2v) is 6.48. The van der Waals surface area contributed by atoms with Gasteiger partial charge in [0.25, 0.3) is 5.91 Å². The molecule has 0 bridgehead atoms. The van der Waals surface area contributed by atoms with E-state index in [4.69, 9.17) is 4.74 Å². The largest absolute Gasteiger partial charge is 0.440 e. The summed E-state index contributed by atoms with van der Waals surface area (Å²) in [5, 5.41) is 5.46. The molecule has 1 unspecified atom stereocenters. The summed E-state index contributed by atoms with van der Waals surface area (Å²) in [6.07, 6.45) is -0.285. The highest BCUT2D eigenvalue weighted by Crippen LogP contribution is 2.41. The number of hydrogen-bond donors (Lipinski definition) is 2. The lowest BCUT2D eigenvalue weighted by Gasteiger charge is -2.27. The van der Waals surface area contributed by atoms with E-state index in [1.54, 1.807) is 54.6 Å². The van der Waals surface area contributed by atoms with Gasteiger partial charge in [0, 0.05) is 17.3 Å². The number of benzene rings is 2. The Kier molecular flexibility index (Phi) is 4.75. The van der Waals surface area contributed by atoms with E-state index in [-0.39, 0.29) is 18.4 Å². The lowest BCUT2D eigenvalue weighted by atomic mass is 9.90. The van der Waals surface area contributed by atoms with Crippen molar-refractivity contribution >= 4 is 23.5 Å². The summed E-state index contributed by atoms with van der Waals surface area (Å²) in [5.41, 5.74) is -0.361. The fraction of sp³-hybridized carbons (Fsp3) is 0.250. The van der Waals surface area contributed by atoms with Gasteiger partial charge in [-0.2, -0.15) is 0 Å². The van der Waals surface area contributed by atoms with Crippen molar-refractivity contribution in [3.63, 3.8) is 0 Å². The maximum Gasteiger partial charge on any atom is 0.339 e. The molecule has 0 aromatic heterocycles. The Morgan fingerprint density at radius 1 is 1.08 bits per heavy atom. The van der Waals surface area contributed by atoms with Crippen molar-refractivity contribution in [2.75, 3.05) is 5.32 Å². The van der Waals surface area contributed by atoms with E-state index >= 15 is 0 Å². The van der Waals surface area contributed by atoms with Crippen LogP contribution in [0.3, 0.4) is 0 Å². The molecule has 3 rings (SSSR count). The van der Waals surface area contributed by atoms with Crippen LogP contribution in [-0.2, 0) is 19.9 Å². The summed E-state index contributed by atoms with van der Waals surface area (Å²) in [6.45, 7) is 3.65. The molecule has 1 heterocycles. The number of ether oxygens (including phenoxy) is 1. The second-order valence-electron chi connectivity index (χ2n) is 6.48. The Bertz CT molecular complexity index is 848. The van der Waals surface area contributed by atoms with Crippen molar-refractivity contribution in [3.05, 3.63) is 65.7 Å². The van der Waals surface area contributed by atoms with E-state index in [2.05, 4.69) is 10.6 Å². The molecule has 0 saturated heterocycles. The van der Waals surface area contributed by atoms with E-state index in [9.17, 15) is 14.4 Å². The summed E-state index contributed by atoms with van der Waals surface area (Å²) < 4.78 is 5.66. The Morgan fingerprint density at radius 3 is 2.42 bits per heavy atom. The molecule has 2 N–H and O–H groups in total. The number of rotatable bonds is 5. The maximum atomic E-state index is 12.8. The van der Waals surface area contributed by atoms with Crippen LogP contribution < -0.4 is 10.6 Å². The molecule has 6 heteroatoms. The van der Waals surface area contributed by atoms with Crippen LogP contribution in [0.1, 0.15) is 36.2 Å². The van der Waals surface area contributed by atoms with Crippen LogP contribution in [0.2, 0.25) is 0 Å². The summed E-state index contributed by atoms with van der Waals surface area (Å²) in [7, 11) is 0. The predicted molar refractivity (Wildman–Crippen MR) is 96.5 cm³/mol. The SMILES string of the molecule is CC(C)NC(=O)CC1(OC(=O)c2ccccc2)C(=O)Nc2ccccc21. The molecule has 134 valence electrons. The van der Waals surface area contributed by atoms with Crippen molar-refractivity contribution in [3.8, 4) is 0 Å². The van der Waals surface area contributed by atoms with Crippen LogP contribution in [-0.4, -0.2) is 23.8 Å². The zero-order chi connectivity index (χ0) is 18.7. The van der Waals surface area contributed by atoms with Gasteiger partial charge in [0.2, 0.25) is 11.5 Å². The van der Waals surface area contributed by atoms with Crippen LogP contribution in [0.15, 0.2) is 54.6 Å². The molecule has 2 amide bonds. The van der Waals surface area contributed by atoms with Gasteiger partial charge in [0.1, 0.15) is 0 Å². The van der Waals surface area contributed by atoms with Gasteiger partial charge < -0.3 is 15.4 Å². The normalized spacial score (nSPS) is 18.2. The lowest BCUT2D eigenvalue weighted by molar-refractivity contribution is -0.142. The molecular formula is C20H20N2O4. The van der Waals surface area contributed by atoms with E-state index in [1.807, 2.05) is 13.8 Å². The number of fused-ring (bicyclic) bond motifs is 1. The fourth-order valence-corrected chi connectivity index (χ4v) is 2.99. The first-order chi connectivity index (χ1) is 12.4. The van der Waals surface area contributed by atoms with Crippen LogP contribution in [0, 0.1) is 0 Å². The Balaban J connectivity index is 1.99. The third-order valence-electron chi connectivity index (χ3n) is 4.11. The monoisotopic (exact) mass is 352 g/mol. The highest BCUT2D eigenvalue weighted by atomic mass is 16.6. The van der Waals surface area contributed by atoms with Crippen molar-refractivity contribution in [2.24, 2.45) is 0 Å². The van der Waals surface area contributed by atoms with Gasteiger partial charge in [0.15, 0.2) is 0 Å². The number of hydrogen-bond acceptors (Lipinski definition) is 4. The first-order valence-electron chi connectivity index (χ1n) is 8.41. The van der Waals surface area contributed by atoms with Crippen LogP contribution >= 0.6 is 0 Å². The van der Waals surface area contributed by atoms with Crippen molar-refractivity contribution < 1.29 is 19.1 Å². The average molecular weight is 352 g/mol. The quantitative estimate of drug-likeness (QED) is 0.810. The third-order valence-corrected chi connectivity index (χ3v) is 4.11. The Hall–Kier alpha value is -3.15. The molecule has 26 heavy (non-hydrogen) atoms. The molecule has 2 aromatic carbocycles. The minimum Gasteiger partial charge on any atom is -0.440 e. The highest BCUT2D eigenvalue weighted by Gasteiger charge is 2.52. The fourth-order valence-electron chi connectivity index (χ4n) is 2.99. The first-order valence-corrected chi connectivity index (χ1v) is 8.41. The molecule has 0 radical (unpaired) electrons. The molecule has 0 fully saturated rings. The minimum absolute atomic E-state index is 0.0934. The Labute approximate surface area is 151 Å². The maximum absolute atomic E-state index is 12.8. The molecule has 6 nitrogen and oxygen atoms in total. The van der Waals surface area contributed by atoms with Gasteiger partial charge in [-0.3, -0.25) is 9.59 Å². The first kappa shape index (κ1) is 17.7. The number of anilines is 1. The van der Waals surface area contributed by atoms with Crippen LogP contribution in [0.25, 0.3) is 0 Å². The van der Waals surface area contributed by atoms with Crippen molar-refractivity contribution in [1.82, 2.24) is 5.32 Å². The number of nitrogens with one attached hydrogen (secondary N) is 2. The van der Waals surface area contributed by atoms with Crippen LogP contribution in [0.5, 0.6) is 0 Å². The highest BCUT2D eigenvalue weighted by molar-refractivity contribution is 6.09. The number of carbonyl (C=O) groups excluding carboxylic acids is 3. The molecule has 0 spiro atoms. The Morgan fingerprint density at radius 2 is 1.73 bits per heavy atom. The van der Waals surface area contributed by atoms with Crippen molar-refractivity contribution in [2.45, 2.75) is 31.9 Å². The van der Waals surface area contributed by atoms with E-state index in [0.29, 0.717) is 16.8 Å². The summed E-state index contributed by atoms with van der Waals surface area (Å²) in [4.78, 5) is 37.8. The van der Waals surface area contributed by atoms with Gasteiger partial charge in [-0.05, 0) is 32.0 Å². The topological polar surface area (TPSA) is 84.5 Å². The predicted octanol–water partition coefficient (Wildman–Crippen LogP) is 2.61. The number of esters is 1. The summed E-state index contributed by atoms with van der Waals surface area (Å²) in [6, 6.07) is 15.2. The van der Waals surface area contributed by atoms with Gasteiger partial charge in [-0.25, -0.2) is 4.79 Å². The van der Waals surface area contributed by atoms with Crippen molar-refractivity contribution in [1.29, 1.82) is 0 Å². The molecule has 2 aromatic rings. The van der Waals surface area contributed by atoms with Gasteiger partial charge in [-0.1, -0.05) is 36.4 Å². The van der Waals surface area contributed by atoms with E-state index < -0.39 is 17.5 Å². The average Bonchev–Trinajstić information content (AvgIpc) is 2.87. The van der Waals surface area contributed by atoms with Gasteiger partial charge in [0.05, 0.1) is 12.0 Å². The molecular weight excluding hydrogens is 332 g/mol. The van der Waals surface area contributed by atoms with E-state index in [1.165, 1.54) is 0 Å². The number of carbonyl (C=O) groups is 3. The molecule has 1 aliphatic rings. The van der Waals surface area contributed by atoms with Gasteiger partial charge >= 0.3 is 5.97 Å². The lowest BCUT2D eigenvalue weighted by Crippen LogP contribution is -2.45. The second kappa shape index (κ2) is 7.00. The molecule has 1 atom stereocenters. The zero-order valence-electron chi connectivity index (χ0n) is 14.6.